The van der Waals surface area contributed by atoms with E-state index < -0.39 is 5.97 Å². The summed E-state index contributed by atoms with van der Waals surface area (Å²) in [5, 5.41) is 11.5. The highest BCUT2D eigenvalue weighted by atomic mass is 16.5. The van der Waals surface area contributed by atoms with Crippen molar-refractivity contribution in [3.8, 4) is 11.5 Å². The van der Waals surface area contributed by atoms with Crippen molar-refractivity contribution in [2.24, 2.45) is 0 Å². The van der Waals surface area contributed by atoms with E-state index in [1.54, 1.807) is 0 Å². The first-order valence-electron chi connectivity index (χ1n) is 11.6. The fraction of sp³-hybridized carbons (Fsp3) is 0.296. The second kappa shape index (κ2) is 10.1. The van der Waals surface area contributed by atoms with Crippen LogP contribution in [0.15, 0.2) is 66.7 Å². The van der Waals surface area contributed by atoms with Gasteiger partial charge in [-0.25, -0.2) is 0 Å². The Hall–Kier alpha value is -3.71. The molecule has 0 aliphatic carbocycles. The summed E-state index contributed by atoms with van der Waals surface area (Å²) in [6.45, 7) is 4.15. The lowest BCUT2D eigenvalue weighted by atomic mass is 10.1. The van der Waals surface area contributed by atoms with E-state index in [1.165, 1.54) is 0 Å². The van der Waals surface area contributed by atoms with Gasteiger partial charge in [0.15, 0.2) is 0 Å². The molecule has 0 unspecified atom stereocenters. The second-order valence-electron chi connectivity index (χ2n) is 8.29. The molecule has 2 heterocycles. The molecule has 5 rings (SSSR count). The molecule has 4 aromatic rings. The fourth-order valence-corrected chi connectivity index (χ4v) is 4.50. The number of carboxylic acids is 1. The van der Waals surface area contributed by atoms with Crippen molar-refractivity contribution in [3.05, 3.63) is 66.7 Å². The van der Waals surface area contributed by atoms with Gasteiger partial charge in [-0.2, -0.15) is 0 Å². The Bertz CT molecular complexity index is 1290. The molecular formula is C27H28N2O5. The van der Waals surface area contributed by atoms with Gasteiger partial charge in [0.25, 0.3) is 0 Å². The number of aromatic nitrogens is 1. The summed E-state index contributed by atoms with van der Waals surface area (Å²) in [5.74, 6) is 0.725. The molecule has 0 atom stereocenters. The molecule has 0 saturated carbocycles. The van der Waals surface area contributed by atoms with Crippen molar-refractivity contribution in [2.75, 3.05) is 44.4 Å². The smallest absolute Gasteiger partial charge is 0.323 e. The maximum Gasteiger partial charge on any atom is 0.323 e. The van der Waals surface area contributed by atoms with Crippen molar-refractivity contribution in [1.29, 1.82) is 0 Å². The summed E-state index contributed by atoms with van der Waals surface area (Å²) >= 11 is 0. The van der Waals surface area contributed by atoms with Crippen LogP contribution in [0.1, 0.15) is 6.42 Å². The Labute approximate surface area is 198 Å². The third-order valence-electron chi connectivity index (χ3n) is 6.07. The highest BCUT2D eigenvalue weighted by Gasteiger charge is 2.16. The second-order valence-corrected chi connectivity index (χ2v) is 8.29. The van der Waals surface area contributed by atoms with Crippen LogP contribution in [0.3, 0.4) is 0 Å². The molecule has 0 spiro atoms. The Morgan fingerprint density at radius 2 is 1.62 bits per heavy atom. The molecule has 1 N–H and O–H groups in total. The van der Waals surface area contributed by atoms with Crippen LogP contribution in [0.25, 0.3) is 21.8 Å². The summed E-state index contributed by atoms with van der Waals surface area (Å²) in [6.07, 6.45) is 0.730. The van der Waals surface area contributed by atoms with Crippen molar-refractivity contribution in [2.45, 2.75) is 13.0 Å². The van der Waals surface area contributed by atoms with Crippen LogP contribution in [-0.2, 0) is 16.1 Å². The van der Waals surface area contributed by atoms with Gasteiger partial charge >= 0.3 is 5.97 Å². The average Bonchev–Trinajstić information content (AvgIpc) is 3.17. The number of benzene rings is 3. The Morgan fingerprint density at radius 1 is 0.882 bits per heavy atom. The Morgan fingerprint density at radius 3 is 2.47 bits per heavy atom. The number of morpholine rings is 1. The number of hydrogen-bond acceptors (Lipinski definition) is 5. The normalized spacial score (nSPS) is 13.9. The molecule has 176 valence electrons. The highest BCUT2D eigenvalue weighted by molar-refractivity contribution is 6.08. The largest absolute Gasteiger partial charge is 0.493 e. The number of fused-ring (bicyclic) bond motifs is 3. The van der Waals surface area contributed by atoms with E-state index in [4.69, 9.17) is 14.2 Å². The van der Waals surface area contributed by atoms with Crippen LogP contribution >= 0.6 is 0 Å². The molecule has 7 heteroatoms. The predicted octanol–water partition coefficient (Wildman–Crippen LogP) is 4.56. The van der Waals surface area contributed by atoms with Crippen molar-refractivity contribution in [1.82, 2.24) is 4.57 Å². The maximum absolute atomic E-state index is 11.4. The first-order valence-corrected chi connectivity index (χ1v) is 11.6. The molecule has 0 bridgehead atoms. The highest BCUT2D eigenvalue weighted by Crippen LogP contribution is 2.32. The molecule has 1 fully saturated rings. The van der Waals surface area contributed by atoms with E-state index >= 15 is 0 Å². The zero-order chi connectivity index (χ0) is 23.3. The Kier molecular flexibility index (Phi) is 6.53. The van der Waals surface area contributed by atoms with Crippen molar-refractivity contribution in [3.63, 3.8) is 0 Å². The van der Waals surface area contributed by atoms with Crippen LogP contribution in [-0.4, -0.2) is 55.2 Å². The average molecular weight is 461 g/mol. The van der Waals surface area contributed by atoms with Crippen LogP contribution in [0.5, 0.6) is 11.5 Å². The number of aliphatic carboxylic acids is 1. The lowest BCUT2D eigenvalue weighted by Gasteiger charge is -2.30. The molecule has 34 heavy (non-hydrogen) atoms. The maximum atomic E-state index is 11.4. The lowest BCUT2D eigenvalue weighted by molar-refractivity contribution is -0.137. The van der Waals surface area contributed by atoms with E-state index in [-0.39, 0.29) is 6.54 Å². The lowest BCUT2D eigenvalue weighted by Crippen LogP contribution is -2.36. The molecular weight excluding hydrogens is 432 g/mol. The number of hydrogen-bond donors (Lipinski definition) is 1. The molecule has 0 radical (unpaired) electrons. The van der Waals surface area contributed by atoms with Gasteiger partial charge in [0.1, 0.15) is 18.0 Å². The first-order chi connectivity index (χ1) is 16.7. The third-order valence-corrected chi connectivity index (χ3v) is 6.07. The van der Waals surface area contributed by atoms with Gasteiger partial charge in [0.2, 0.25) is 0 Å². The summed E-state index contributed by atoms with van der Waals surface area (Å²) in [6, 6.07) is 21.8. The molecule has 3 aromatic carbocycles. The molecule has 1 aliphatic heterocycles. The molecule has 1 aromatic heterocycles. The summed E-state index contributed by atoms with van der Waals surface area (Å²) < 4.78 is 19.3. The topological polar surface area (TPSA) is 73.2 Å². The molecule has 1 aliphatic rings. The van der Waals surface area contributed by atoms with Gasteiger partial charge < -0.3 is 28.8 Å². The van der Waals surface area contributed by atoms with E-state index in [0.29, 0.717) is 13.2 Å². The fourth-order valence-electron chi connectivity index (χ4n) is 4.50. The third kappa shape index (κ3) is 4.65. The molecule has 0 amide bonds. The van der Waals surface area contributed by atoms with Crippen LogP contribution < -0.4 is 14.4 Å². The number of para-hydroxylation sites is 3. The van der Waals surface area contributed by atoms with Gasteiger partial charge in [0.05, 0.1) is 37.6 Å². The van der Waals surface area contributed by atoms with E-state index in [9.17, 15) is 9.90 Å². The zero-order valence-electron chi connectivity index (χ0n) is 19.0. The number of nitrogens with zero attached hydrogens (tertiary/aromatic N) is 2. The number of carbonyl (C=O) groups is 1. The number of anilines is 1. The van der Waals surface area contributed by atoms with Crippen molar-refractivity contribution >= 4 is 33.5 Å². The molecule has 7 nitrogen and oxygen atoms in total. The number of carboxylic acid groups (broad SMARTS) is 1. The summed E-state index contributed by atoms with van der Waals surface area (Å²) in [4.78, 5) is 13.7. The van der Waals surface area contributed by atoms with E-state index in [2.05, 4.69) is 11.0 Å². The summed E-state index contributed by atoms with van der Waals surface area (Å²) in [7, 11) is 0. The Balaban J connectivity index is 1.23. The minimum absolute atomic E-state index is 0.0934. The SMILES string of the molecule is O=C(O)Cn1c2ccccc2c2ccc(OCCCOc3ccccc3N3CCOCC3)cc21. The zero-order valence-corrected chi connectivity index (χ0v) is 19.0. The number of rotatable bonds is 9. The van der Waals surface area contributed by atoms with Crippen LogP contribution in [0.4, 0.5) is 5.69 Å². The summed E-state index contributed by atoms with van der Waals surface area (Å²) in [5.41, 5.74) is 2.87. The van der Waals surface area contributed by atoms with Gasteiger partial charge in [0, 0.05) is 41.9 Å². The van der Waals surface area contributed by atoms with Crippen LogP contribution in [0, 0.1) is 0 Å². The minimum Gasteiger partial charge on any atom is -0.493 e. The standard InChI is InChI=1S/C27H28N2O5/c30-27(31)19-29-23-7-2-1-6-21(23)22-11-10-20(18-25(22)29)33-14-5-15-34-26-9-4-3-8-24(26)28-12-16-32-17-13-28/h1-4,6-11,18H,5,12-17,19H2,(H,30,31). The van der Waals surface area contributed by atoms with Gasteiger partial charge in [-0.15, -0.1) is 0 Å². The quantitative estimate of drug-likeness (QED) is 0.369. The predicted molar refractivity (Wildman–Crippen MR) is 132 cm³/mol. The van der Waals surface area contributed by atoms with Gasteiger partial charge in [-0.1, -0.05) is 30.3 Å². The van der Waals surface area contributed by atoms with Crippen molar-refractivity contribution < 1.29 is 24.1 Å². The molecule has 1 saturated heterocycles. The number of ether oxygens (including phenoxy) is 3. The van der Waals surface area contributed by atoms with Crippen LogP contribution in [0.2, 0.25) is 0 Å². The first kappa shape index (κ1) is 22.1. The van der Waals surface area contributed by atoms with Gasteiger partial charge in [-0.3, -0.25) is 4.79 Å². The minimum atomic E-state index is -0.872. The monoisotopic (exact) mass is 460 g/mol. The van der Waals surface area contributed by atoms with Gasteiger partial charge in [-0.05, 0) is 30.3 Å². The van der Waals surface area contributed by atoms with E-state index in [1.807, 2.05) is 65.2 Å². The van der Waals surface area contributed by atoms with E-state index in [0.717, 1.165) is 71.7 Å².